The third-order valence-electron chi connectivity index (χ3n) is 2.94. The van der Waals surface area contributed by atoms with Gasteiger partial charge in [0.05, 0.1) is 24.1 Å². The standard InChI is InChI=1S/C13H13N5O/c1-19-10-5-3-2-4-8(10)11-12(17-18-13(11)14)9-6-7-15-16-9/h2-7H,1H3,(H,15,16)(H3,14,17,18). The second-order valence-corrected chi connectivity index (χ2v) is 4.03. The van der Waals surface area contributed by atoms with Gasteiger partial charge in [0, 0.05) is 11.8 Å². The molecule has 3 aromatic rings. The van der Waals surface area contributed by atoms with E-state index >= 15 is 0 Å². The van der Waals surface area contributed by atoms with E-state index in [1.54, 1.807) is 13.3 Å². The fourth-order valence-corrected chi connectivity index (χ4v) is 2.07. The minimum absolute atomic E-state index is 0.425. The number of para-hydroxylation sites is 1. The minimum Gasteiger partial charge on any atom is -0.496 e. The van der Waals surface area contributed by atoms with Gasteiger partial charge in [-0.25, -0.2) is 0 Å². The SMILES string of the molecule is COc1ccccc1-c1c(N)n[nH]c1-c1ccn[nH]1. The van der Waals surface area contributed by atoms with Gasteiger partial charge in [-0.2, -0.15) is 10.2 Å². The first-order chi connectivity index (χ1) is 9.31. The molecule has 0 aliphatic rings. The van der Waals surface area contributed by atoms with Crippen LogP contribution >= 0.6 is 0 Å². The van der Waals surface area contributed by atoms with E-state index in [-0.39, 0.29) is 0 Å². The van der Waals surface area contributed by atoms with Crippen molar-refractivity contribution in [3.8, 4) is 28.3 Å². The Morgan fingerprint density at radius 3 is 2.74 bits per heavy atom. The highest BCUT2D eigenvalue weighted by molar-refractivity contribution is 5.89. The molecule has 0 amide bonds. The molecular weight excluding hydrogens is 242 g/mol. The summed E-state index contributed by atoms with van der Waals surface area (Å²) in [6, 6.07) is 9.53. The lowest BCUT2D eigenvalue weighted by molar-refractivity contribution is 0.416. The molecule has 0 saturated carbocycles. The van der Waals surface area contributed by atoms with Crippen molar-refractivity contribution in [2.75, 3.05) is 12.8 Å². The van der Waals surface area contributed by atoms with E-state index < -0.39 is 0 Å². The molecule has 19 heavy (non-hydrogen) atoms. The summed E-state index contributed by atoms with van der Waals surface area (Å²) >= 11 is 0. The van der Waals surface area contributed by atoms with Gasteiger partial charge >= 0.3 is 0 Å². The highest BCUT2D eigenvalue weighted by atomic mass is 16.5. The third kappa shape index (κ3) is 1.83. The topological polar surface area (TPSA) is 92.6 Å². The number of nitrogens with two attached hydrogens (primary N) is 1. The molecule has 6 nitrogen and oxygen atoms in total. The molecule has 96 valence electrons. The van der Waals surface area contributed by atoms with Gasteiger partial charge in [0.15, 0.2) is 5.82 Å². The molecule has 0 radical (unpaired) electrons. The summed E-state index contributed by atoms with van der Waals surface area (Å²) in [5.74, 6) is 1.17. The number of anilines is 1. The van der Waals surface area contributed by atoms with Gasteiger partial charge in [0.25, 0.3) is 0 Å². The van der Waals surface area contributed by atoms with Gasteiger partial charge in [-0.15, -0.1) is 0 Å². The van der Waals surface area contributed by atoms with Crippen LogP contribution in [0.2, 0.25) is 0 Å². The molecular formula is C13H13N5O. The zero-order chi connectivity index (χ0) is 13.2. The van der Waals surface area contributed by atoms with Gasteiger partial charge in [-0.05, 0) is 12.1 Å². The van der Waals surface area contributed by atoms with Crippen molar-refractivity contribution in [1.82, 2.24) is 20.4 Å². The largest absolute Gasteiger partial charge is 0.496 e. The number of rotatable bonds is 3. The Kier molecular flexibility index (Phi) is 2.68. The summed E-state index contributed by atoms with van der Waals surface area (Å²) in [5, 5.41) is 13.8. The minimum atomic E-state index is 0.425. The quantitative estimate of drug-likeness (QED) is 0.667. The van der Waals surface area contributed by atoms with Gasteiger partial charge in [0.2, 0.25) is 0 Å². The first kappa shape index (κ1) is 11.3. The molecule has 0 spiro atoms. The number of nitrogens with one attached hydrogen (secondary N) is 2. The Bertz CT molecular complexity index is 687. The molecule has 1 aromatic carbocycles. The summed E-state index contributed by atoms with van der Waals surface area (Å²) in [6.07, 6.45) is 1.68. The summed E-state index contributed by atoms with van der Waals surface area (Å²) in [6.45, 7) is 0. The first-order valence-corrected chi connectivity index (χ1v) is 5.78. The maximum Gasteiger partial charge on any atom is 0.153 e. The van der Waals surface area contributed by atoms with Crippen LogP contribution in [0.5, 0.6) is 5.75 Å². The van der Waals surface area contributed by atoms with Crippen LogP contribution in [0.25, 0.3) is 22.5 Å². The lowest BCUT2D eigenvalue weighted by Gasteiger charge is -2.08. The second kappa shape index (κ2) is 4.49. The van der Waals surface area contributed by atoms with Crippen molar-refractivity contribution < 1.29 is 4.74 Å². The second-order valence-electron chi connectivity index (χ2n) is 4.03. The number of methoxy groups -OCH3 is 1. The number of ether oxygens (including phenoxy) is 1. The summed E-state index contributed by atoms with van der Waals surface area (Å²) < 4.78 is 5.37. The highest BCUT2D eigenvalue weighted by Crippen LogP contribution is 2.38. The fourth-order valence-electron chi connectivity index (χ4n) is 2.07. The van der Waals surface area contributed by atoms with Crippen LogP contribution in [-0.4, -0.2) is 27.5 Å². The number of H-pyrrole nitrogens is 2. The Morgan fingerprint density at radius 1 is 1.16 bits per heavy atom. The normalized spacial score (nSPS) is 10.6. The van der Waals surface area contributed by atoms with Crippen molar-refractivity contribution >= 4 is 5.82 Å². The van der Waals surface area contributed by atoms with E-state index in [1.165, 1.54) is 0 Å². The van der Waals surface area contributed by atoms with Gasteiger partial charge in [-0.3, -0.25) is 10.2 Å². The molecule has 0 aliphatic carbocycles. The summed E-state index contributed by atoms with van der Waals surface area (Å²) in [5.41, 5.74) is 9.28. The molecule has 3 rings (SSSR count). The van der Waals surface area contributed by atoms with Gasteiger partial charge < -0.3 is 10.5 Å². The molecule has 0 bridgehead atoms. The Hall–Kier alpha value is -2.76. The lowest BCUT2D eigenvalue weighted by Crippen LogP contribution is -1.92. The van der Waals surface area contributed by atoms with Crippen molar-refractivity contribution in [1.29, 1.82) is 0 Å². The monoisotopic (exact) mass is 255 g/mol. The average Bonchev–Trinajstić information content (AvgIpc) is 3.07. The number of nitrogens with zero attached hydrogens (tertiary/aromatic N) is 2. The van der Waals surface area contributed by atoms with Crippen LogP contribution in [0.1, 0.15) is 0 Å². The highest BCUT2D eigenvalue weighted by Gasteiger charge is 2.18. The van der Waals surface area contributed by atoms with Crippen LogP contribution in [0.3, 0.4) is 0 Å². The van der Waals surface area contributed by atoms with Crippen molar-refractivity contribution in [2.24, 2.45) is 0 Å². The average molecular weight is 255 g/mol. The van der Waals surface area contributed by atoms with Crippen LogP contribution in [0.4, 0.5) is 5.82 Å². The van der Waals surface area contributed by atoms with Crippen LogP contribution in [0, 0.1) is 0 Å². The van der Waals surface area contributed by atoms with Crippen LogP contribution in [-0.2, 0) is 0 Å². The Labute approximate surface area is 109 Å². The van der Waals surface area contributed by atoms with Gasteiger partial charge in [-0.1, -0.05) is 18.2 Å². The van der Waals surface area contributed by atoms with E-state index in [4.69, 9.17) is 10.5 Å². The maximum absolute atomic E-state index is 5.97. The molecule has 4 N–H and O–H groups in total. The molecule has 0 aliphatic heterocycles. The molecule has 2 heterocycles. The van der Waals surface area contributed by atoms with Crippen LogP contribution < -0.4 is 10.5 Å². The Balaban J connectivity index is 2.23. The Morgan fingerprint density at radius 2 is 2.00 bits per heavy atom. The summed E-state index contributed by atoms with van der Waals surface area (Å²) in [4.78, 5) is 0. The van der Waals surface area contributed by atoms with Crippen molar-refractivity contribution in [3.05, 3.63) is 36.5 Å². The molecule has 0 fully saturated rings. The molecule has 0 saturated heterocycles. The number of benzene rings is 1. The summed E-state index contributed by atoms with van der Waals surface area (Å²) in [7, 11) is 1.63. The zero-order valence-corrected chi connectivity index (χ0v) is 10.3. The van der Waals surface area contributed by atoms with Gasteiger partial charge in [0.1, 0.15) is 5.75 Å². The third-order valence-corrected chi connectivity index (χ3v) is 2.94. The fraction of sp³-hybridized carbons (Fsp3) is 0.0769. The number of aromatic amines is 2. The van der Waals surface area contributed by atoms with Crippen LogP contribution in [0.15, 0.2) is 36.5 Å². The van der Waals surface area contributed by atoms with E-state index in [0.29, 0.717) is 5.82 Å². The molecule has 2 aromatic heterocycles. The van der Waals surface area contributed by atoms with E-state index in [1.807, 2.05) is 30.3 Å². The van der Waals surface area contributed by atoms with E-state index in [0.717, 1.165) is 28.3 Å². The number of hydrogen-bond donors (Lipinski definition) is 3. The number of hydrogen-bond acceptors (Lipinski definition) is 4. The van der Waals surface area contributed by atoms with E-state index in [9.17, 15) is 0 Å². The van der Waals surface area contributed by atoms with E-state index in [2.05, 4.69) is 20.4 Å². The zero-order valence-electron chi connectivity index (χ0n) is 10.3. The number of nitrogen functional groups attached to an aromatic ring is 1. The molecule has 6 heteroatoms. The smallest absolute Gasteiger partial charge is 0.153 e. The van der Waals surface area contributed by atoms with Crippen molar-refractivity contribution in [2.45, 2.75) is 0 Å². The number of aromatic nitrogens is 4. The molecule has 0 atom stereocenters. The lowest BCUT2D eigenvalue weighted by atomic mass is 10.0. The molecule has 0 unspecified atom stereocenters. The predicted octanol–water partition coefficient (Wildman–Crippen LogP) is 2.06. The first-order valence-electron chi connectivity index (χ1n) is 5.78. The van der Waals surface area contributed by atoms with Crippen molar-refractivity contribution in [3.63, 3.8) is 0 Å². The predicted molar refractivity (Wildman–Crippen MR) is 72.6 cm³/mol. The maximum atomic E-state index is 5.97.